The molecule has 2 rings (SSSR count). The summed E-state index contributed by atoms with van der Waals surface area (Å²) in [6, 6.07) is 4.64. The maximum Gasteiger partial charge on any atom is 0.273 e. The Morgan fingerprint density at radius 3 is 2.42 bits per heavy atom. The van der Waals surface area contributed by atoms with Gasteiger partial charge in [-0.05, 0) is 13.1 Å². The first-order valence-corrected chi connectivity index (χ1v) is 6.05. The molecule has 0 bridgehead atoms. The fourth-order valence-electron chi connectivity index (χ4n) is 1.97. The van der Waals surface area contributed by atoms with Gasteiger partial charge in [0.25, 0.3) is 5.69 Å². The van der Waals surface area contributed by atoms with Crippen LogP contribution in [0.2, 0.25) is 0 Å². The normalized spacial score (nSPS) is 17.2. The van der Waals surface area contributed by atoms with Gasteiger partial charge in [0.2, 0.25) is 0 Å². The van der Waals surface area contributed by atoms with Crippen molar-refractivity contribution < 1.29 is 4.92 Å². The molecule has 0 radical (unpaired) electrons. The number of nitro benzene ring substituents is 1. The summed E-state index contributed by atoms with van der Waals surface area (Å²) in [5, 5.41) is 12.9. The second kappa shape index (κ2) is 5.83. The summed E-state index contributed by atoms with van der Waals surface area (Å²) in [4.78, 5) is 12.6. The SMILES string of the molecule is CN1CCN(Nc2cc(NN)cc([N+](=O)[O-])c2)CC1. The summed E-state index contributed by atoms with van der Waals surface area (Å²) in [5.41, 5.74) is 6.78. The van der Waals surface area contributed by atoms with Crippen molar-refractivity contribution in [3.05, 3.63) is 28.3 Å². The van der Waals surface area contributed by atoms with Crippen molar-refractivity contribution in [1.82, 2.24) is 9.91 Å². The third-order valence-corrected chi connectivity index (χ3v) is 3.09. The molecule has 0 amide bonds. The molecule has 0 aromatic heterocycles. The molecule has 0 unspecified atom stereocenters. The molecule has 0 atom stereocenters. The van der Waals surface area contributed by atoms with Crippen molar-refractivity contribution in [1.29, 1.82) is 0 Å². The highest BCUT2D eigenvalue weighted by Crippen LogP contribution is 2.24. The van der Waals surface area contributed by atoms with Crippen LogP contribution in [0.15, 0.2) is 18.2 Å². The second-order valence-corrected chi connectivity index (χ2v) is 4.57. The van der Waals surface area contributed by atoms with E-state index >= 15 is 0 Å². The van der Waals surface area contributed by atoms with Gasteiger partial charge in [-0.2, -0.15) is 0 Å². The van der Waals surface area contributed by atoms with Gasteiger partial charge in [-0.25, -0.2) is 5.01 Å². The van der Waals surface area contributed by atoms with Gasteiger partial charge >= 0.3 is 0 Å². The second-order valence-electron chi connectivity index (χ2n) is 4.57. The highest BCUT2D eigenvalue weighted by atomic mass is 16.6. The highest BCUT2D eigenvalue weighted by molar-refractivity contribution is 5.62. The highest BCUT2D eigenvalue weighted by Gasteiger charge is 2.15. The standard InChI is InChI=1S/C11H18N6O2/c1-15-2-4-16(5-3-15)14-10-6-9(13-12)7-11(8-10)17(18)19/h6-8,13-14H,2-5,12H2,1H3. The van der Waals surface area contributed by atoms with Crippen LogP contribution in [-0.2, 0) is 0 Å². The number of benzene rings is 1. The summed E-state index contributed by atoms with van der Waals surface area (Å²) in [6.45, 7) is 3.66. The van der Waals surface area contributed by atoms with Crippen LogP contribution in [0.3, 0.4) is 0 Å². The van der Waals surface area contributed by atoms with Crippen LogP contribution < -0.4 is 16.7 Å². The number of nitro groups is 1. The largest absolute Gasteiger partial charge is 0.324 e. The van der Waals surface area contributed by atoms with E-state index in [1.807, 2.05) is 5.01 Å². The summed E-state index contributed by atoms with van der Waals surface area (Å²) < 4.78 is 0. The zero-order valence-electron chi connectivity index (χ0n) is 10.8. The van der Waals surface area contributed by atoms with Gasteiger partial charge in [0, 0.05) is 38.3 Å². The number of hydrazine groups is 2. The molecule has 4 N–H and O–H groups in total. The van der Waals surface area contributed by atoms with Crippen molar-refractivity contribution in [3.8, 4) is 0 Å². The number of non-ortho nitro benzene ring substituents is 1. The number of rotatable bonds is 4. The van der Waals surface area contributed by atoms with Gasteiger partial charge in [0.05, 0.1) is 16.3 Å². The predicted octanol–water partition coefficient (Wildman–Crippen LogP) is 0.455. The molecule has 1 saturated heterocycles. The minimum Gasteiger partial charge on any atom is -0.324 e. The summed E-state index contributed by atoms with van der Waals surface area (Å²) >= 11 is 0. The summed E-state index contributed by atoms with van der Waals surface area (Å²) in [5.74, 6) is 5.32. The first-order valence-electron chi connectivity index (χ1n) is 6.05. The Labute approximate surface area is 111 Å². The van der Waals surface area contributed by atoms with E-state index in [1.54, 1.807) is 6.07 Å². The molecule has 1 fully saturated rings. The average Bonchev–Trinajstić information content (AvgIpc) is 2.41. The summed E-state index contributed by atoms with van der Waals surface area (Å²) in [6.07, 6.45) is 0. The Morgan fingerprint density at radius 2 is 1.84 bits per heavy atom. The molecule has 104 valence electrons. The van der Waals surface area contributed by atoms with Gasteiger partial charge in [0.15, 0.2) is 0 Å². The zero-order chi connectivity index (χ0) is 13.8. The molecular weight excluding hydrogens is 248 g/mol. The first kappa shape index (κ1) is 13.5. The van der Waals surface area contributed by atoms with Gasteiger partial charge in [-0.1, -0.05) is 0 Å². The number of hydrogen-bond acceptors (Lipinski definition) is 7. The molecule has 1 aromatic carbocycles. The quantitative estimate of drug-likeness (QED) is 0.413. The molecule has 1 aliphatic rings. The number of nitrogens with zero attached hydrogens (tertiary/aromatic N) is 3. The van der Waals surface area contributed by atoms with E-state index in [2.05, 4.69) is 22.8 Å². The van der Waals surface area contributed by atoms with Gasteiger partial charge < -0.3 is 15.8 Å². The smallest absolute Gasteiger partial charge is 0.273 e. The number of likely N-dealkylation sites (N-methyl/N-ethyl adjacent to an activating group) is 1. The van der Waals surface area contributed by atoms with E-state index in [1.165, 1.54) is 12.1 Å². The van der Waals surface area contributed by atoms with Crippen molar-refractivity contribution in [3.63, 3.8) is 0 Å². The average molecular weight is 266 g/mol. The van der Waals surface area contributed by atoms with Crippen molar-refractivity contribution in [2.24, 2.45) is 5.84 Å². The molecule has 19 heavy (non-hydrogen) atoms. The first-order chi connectivity index (χ1) is 9.08. The topological polar surface area (TPSA) is 99.7 Å². The van der Waals surface area contributed by atoms with Crippen LogP contribution in [0.4, 0.5) is 17.1 Å². The number of nitrogens with two attached hydrogens (primary N) is 1. The molecule has 8 heteroatoms. The van der Waals surface area contributed by atoms with Gasteiger partial charge in [-0.3, -0.25) is 16.0 Å². The Balaban J connectivity index is 2.10. The van der Waals surface area contributed by atoms with Crippen LogP contribution in [0.25, 0.3) is 0 Å². The maximum absolute atomic E-state index is 10.8. The minimum absolute atomic E-state index is 0.00655. The number of anilines is 2. The lowest BCUT2D eigenvalue weighted by molar-refractivity contribution is -0.384. The monoisotopic (exact) mass is 266 g/mol. The molecule has 1 aromatic rings. The number of nitrogens with one attached hydrogen (secondary N) is 2. The lowest BCUT2D eigenvalue weighted by atomic mass is 10.2. The number of hydrogen-bond donors (Lipinski definition) is 3. The van der Waals surface area contributed by atoms with E-state index in [9.17, 15) is 10.1 Å². The summed E-state index contributed by atoms with van der Waals surface area (Å²) in [7, 11) is 2.07. The van der Waals surface area contributed by atoms with E-state index in [-0.39, 0.29) is 5.69 Å². The third kappa shape index (κ3) is 3.53. The van der Waals surface area contributed by atoms with Crippen molar-refractivity contribution in [2.75, 3.05) is 44.1 Å². The van der Waals surface area contributed by atoms with Crippen molar-refractivity contribution in [2.45, 2.75) is 0 Å². The fraction of sp³-hybridized carbons (Fsp3) is 0.455. The Kier molecular flexibility index (Phi) is 4.15. The Bertz CT molecular complexity index is 458. The van der Waals surface area contributed by atoms with Crippen LogP contribution >= 0.6 is 0 Å². The predicted molar refractivity (Wildman–Crippen MR) is 73.6 cm³/mol. The van der Waals surface area contributed by atoms with E-state index < -0.39 is 4.92 Å². The molecule has 8 nitrogen and oxygen atoms in total. The number of nitrogen functional groups attached to an aromatic ring is 1. The van der Waals surface area contributed by atoms with Gasteiger partial charge in [0.1, 0.15) is 0 Å². The van der Waals surface area contributed by atoms with E-state index in [0.29, 0.717) is 11.4 Å². The number of piperazine rings is 1. The zero-order valence-corrected chi connectivity index (χ0v) is 10.8. The third-order valence-electron chi connectivity index (χ3n) is 3.09. The van der Waals surface area contributed by atoms with E-state index in [4.69, 9.17) is 5.84 Å². The lowest BCUT2D eigenvalue weighted by Crippen LogP contribution is -2.46. The minimum atomic E-state index is -0.435. The van der Waals surface area contributed by atoms with Crippen LogP contribution in [0, 0.1) is 10.1 Å². The molecule has 0 spiro atoms. The van der Waals surface area contributed by atoms with Crippen LogP contribution in [-0.4, -0.2) is 48.1 Å². The van der Waals surface area contributed by atoms with Crippen LogP contribution in [0.1, 0.15) is 0 Å². The van der Waals surface area contributed by atoms with Gasteiger partial charge in [-0.15, -0.1) is 0 Å². The Morgan fingerprint density at radius 1 is 1.21 bits per heavy atom. The molecule has 1 aliphatic heterocycles. The van der Waals surface area contributed by atoms with Crippen molar-refractivity contribution >= 4 is 17.1 Å². The fourth-order valence-corrected chi connectivity index (χ4v) is 1.97. The maximum atomic E-state index is 10.8. The lowest BCUT2D eigenvalue weighted by Gasteiger charge is -2.33. The Hall–Kier alpha value is -1.90. The van der Waals surface area contributed by atoms with E-state index in [0.717, 1.165) is 26.2 Å². The molecule has 1 heterocycles. The molecule has 0 saturated carbocycles. The van der Waals surface area contributed by atoms with Crippen LogP contribution in [0.5, 0.6) is 0 Å². The molecule has 0 aliphatic carbocycles. The molecular formula is C11H18N6O2.